The third-order valence-corrected chi connectivity index (χ3v) is 7.09. The van der Waals surface area contributed by atoms with Crippen molar-refractivity contribution < 1.29 is 9.18 Å². The molecule has 6 heteroatoms. The van der Waals surface area contributed by atoms with Gasteiger partial charge in [0, 0.05) is 43.5 Å². The van der Waals surface area contributed by atoms with Crippen LogP contribution in [0.3, 0.4) is 0 Å². The molecule has 150 valence electrons. The van der Waals surface area contributed by atoms with Crippen molar-refractivity contribution in [2.75, 3.05) is 38.5 Å². The van der Waals surface area contributed by atoms with Gasteiger partial charge in [0.1, 0.15) is 10.8 Å². The summed E-state index contributed by atoms with van der Waals surface area (Å²) in [6.07, 6.45) is 4.55. The molecule has 1 fully saturated rings. The van der Waals surface area contributed by atoms with Crippen LogP contribution in [0.5, 0.6) is 0 Å². The van der Waals surface area contributed by atoms with Gasteiger partial charge in [-0.2, -0.15) is 0 Å². The molecule has 1 aromatic heterocycles. The average molecular weight is 402 g/mol. The minimum atomic E-state index is -0.213. The number of halogens is 1. The predicted molar refractivity (Wildman–Crippen MR) is 113 cm³/mol. The Kier molecular flexibility index (Phi) is 5.80. The number of fused-ring (bicyclic) bond motifs is 1. The van der Waals surface area contributed by atoms with Crippen LogP contribution in [0.25, 0.3) is 0 Å². The standard InChI is InChI=1S/C22H28FN3OS/c1-15(27)24-22-20(18-5-3-4-6-19(18)28-22)21(16-7-9-17(23)10-8-16)26-13-11-25(2)12-14-26/h7-10,21H,3-6,11-14H2,1-2H3,(H,24,27). The van der Waals surface area contributed by atoms with E-state index in [0.29, 0.717) is 0 Å². The van der Waals surface area contributed by atoms with Gasteiger partial charge in [0.05, 0.1) is 6.04 Å². The first-order valence-corrected chi connectivity index (χ1v) is 10.9. The highest BCUT2D eigenvalue weighted by molar-refractivity contribution is 7.16. The molecular formula is C22H28FN3OS. The van der Waals surface area contributed by atoms with E-state index in [4.69, 9.17) is 0 Å². The van der Waals surface area contributed by atoms with Crippen molar-refractivity contribution in [3.63, 3.8) is 0 Å². The lowest BCUT2D eigenvalue weighted by atomic mass is 9.88. The number of hydrogen-bond acceptors (Lipinski definition) is 4. The number of hydrogen-bond donors (Lipinski definition) is 1. The fourth-order valence-corrected chi connectivity index (χ4v) is 5.79. The van der Waals surface area contributed by atoms with Gasteiger partial charge in [-0.15, -0.1) is 11.3 Å². The number of benzene rings is 1. The first-order valence-electron chi connectivity index (χ1n) is 10.1. The molecule has 0 saturated carbocycles. The van der Waals surface area contributed by atoms with Crippen molar-refractivity contribution in [3.8, 4) is 0 Å². The van der Waals surface area contributed by atoms with Crippen LogP contribution in [0, 0.1) is 5.82 Å². The summed E-state index contributed by atoms with van der Waals surface area (Å²) < 4.78 is 13.6. The summed E-state index contributed by atoms with van der Waals surface area (Å²) in [6, 6.07) is 6.96. The van der Waals surface area contributed by atoms with Crippen LogP contribution in [-0.4, -0.2) is 48.9 Å². The molecular weight excluding hydrogens is 373 g/mol. The quantitative estimate of drug-likeness (QED) is 0.839. The summed E-state index contributed by atoms with van der Waals surface area (Å²) in [7, 11) is 2.15. The van der Waals surface area contributed by atoms with E-state index in [2.05, 4.69) is 22.2 Å². The highest BCUT2D eigenvalue weighted by atomic mass is 32.1. The molecule has 2 heterocycles. The van der Waals surface area contributed by atoms with Crippen molar-refractivity contribution in [2.24, 2.45) is 0 Å². The monoisotopic (exact) mass is 401 g/mol. The van der Waals surface area contributed by atoms with Crippen molar-refractivity contribution in [1.82, 2.24) is 9.80 Å². The number of aryl methyl sites for hydroxylation is 1. The lowest BCUT2D eigenvalue weighted by Gasteiger charge is -2.39. The summed E-state index contributed by atoms with van der Waals surface area (Å²) in [4.78, 5) is 18.2. The minimum Gasteiger partial charge on any atom is -0.318 e. The van der Waals surface area contributed by atoms with Gasteiger partial charge in [0.25, 0.3) is 0 Å². The van der Waals surface area contributed by atoms with Gasteiger partial charge in [-0.3, -0.25) is 9.69 Å². The lowest BCUT2D eigenvalue weighted by molar-refractivity contribution is -0.114. The van der Waals surface area contributed by atoms with E-state index in [0.717, 1.165) is 49.6 Å². The smallest absolute Gasteiger partial charge is 0.221 e. The Morgan fingerprint density at radius 3 is 2.46 bits per heavy atom. The Hall–Kier alpha value is -1.76. The number of rotatable bonds is 4. The molecule has 1 atom stereocenters. The number of likely N-dealkylation sites (N-methyl/N-ethyl adjacent to an activating group) is 1. The molecule has 0 radical (unpaired) electrons. The molecule has 0 bridgehead atoms. The zero-order valence-electron chi connectivity index (χ0n) is 16.6. The predicted octanol–water partition coefficient (Wildman–Crippen LogP) is 4.06. The highest BCUT2D eigenvalue weighted by Crippen LogP contribution is 2.45. The summed E-state index contributed by atoms with van der Waals surface area (Å²) >= 11 is 1.74. The Bertz CT molecular complexity index is 840. The Morgan fingerprint density at radius 2 is 1.79 bits per heavy atom. The molecule has 2 aromatic rings. The van der Waals surface area contributed by atoms with E-state index in [1.165, 1.54) is 28.8 Å². The van der Waals surface area contributed by atoms with E-state index in [-0.39, 0.29) is 17.8 Å². The summed E-state index contributed by atoms with van der Waals surface area (Å²) in [5, 5.41) is 4.09. The second-order valence-electron chi connectivity index (χ2n) is 7.93. The average Bonchev–Trinajstić information content (AvgIpc) is 3.02. The van der Waals surface area contributed by atoms with E-state index >= 15 is 0 Å². The van der Waals surface area contributed by atoms with E-state index < -0.39 is 0 Å². The van der Waals surface area contributed by atoms with Crippen molar-refractivity contribution >= 4 is 22.2 Å². The molecule has 2 aliphatic rings. The number of amides is 1. The fourth-order valence-electron chi connectivity index (χ4n) is 4.42. The number of piperazine rings is 1. The number of carbonyl (C=O) groups is 1. The maximum Gasteiger partial charge on any atom is 0.221 e. The number of nitrogens with zero attached hydrogens (tertiary/aromatic N) is 2. The molecule has 1 aliphatic carbocycles. The maximum absolute atomic E-state index is 13.6. The van der Waals surface area contributed by atoms with E-state index in [1.807, 2.05) is 12.1 Å². The molecule has 1 amide bonds. The molecule has 28 heavy (non-hydrogen) atoms. The van der Waals surface area contributed by atoms with E-state index in [1.54, 1.807) is 30.4 Å². The number of nitrogens with one attached hydrogen (secondary N) is 1. The first kappa shape index (κ1) is 19.6. The second kappa shape index (κ2) is 8.31. The molecule has 4 rings (SSSR count). The van der Waals surface area contributed by atoms with Gasteiger partial charge < -0.3 is 10.2 Å². The van der Waals surface area contributed by atoms with Crippen molar-refractivity contribution in [1.29, 1.82) is 0 Å². The Labute approximate surface area is 170 Å². The van der Waals surface area contributed by atoms with Crippen molar-refractivity contribution in [2.45, 2.75) is 38.6 Å². The van der Waals surface area contributed by atoms with Gasteiger partial charge in [-0.25, -0.2) is 4.39 Å². The summed E-state index contributed by atoms with van der Waals surface area (Å²) in [6.45, 7) is 5.52. The van der Waals surface area contributed by atoms with Crippen LogP contribution >= 0.6 is 11.3 Å². The third-order valence-electron chi connectivity index (χ3n) is 5.86. The van der Waals surface area contributed by atoms with Gasteiger partial charge in [-0.05, 0) is 56.0 Å². The molecule has 0 spiro atoms. The highest BCUT2D eigenvalue weighted by Gasteiger charge is 2.33. The van der Waals surface area contributed by atoms with Gasteiger partial charge in [0.2, 0.25) is 5.91 Å². The summed E-state index contributed by atoms with van der Waals surface area (Å²) in [5.74, 6) is -0.244. The summed E-state index contributed by atoms with van der Waals surface area (Å²) in [5.41, 5.74) is 3.75. The van der Waals surface area contributed by atoms with Gasteiger partial charge >= 0.3 is 0 Å². The topological polar surface area (TPSA) is 35.6 Å². The Balaban J connectivity index is 1.82. The molecule has 4 nitrogen and oxygen atoms in total. The number of anilines is 1. The van der Waals surface area contributed by atoms with Crippen LogP contribution in [0.15, 0.2) is 24.3 Å². The zero-order chi connectivity index (χ0) is 19.7. The first-order chi connectivity index (χ1) is 13.5. The second-order valence-corrected chi connectivity index (χ2v) is 9.03. The SMILES string of the molecule is CC(=O)Nc1sc2c(c1C(c1ccc(F)cc1)N1CCN(C)CC1)CCCC2. The third kappa shape index (κ3) is 4.00. The van der Waals surface area contributed by atoms with Gasteiger partial charge in [-0.1, -0.05) is 12.1 Å². The number of carbonyl (C=O) groups excluding carboxylic acids is 1. The van der Waals surface area contributed by atoms with Crippen LogP contribution in [0.2, 0.25) is 0 Å². The fraction of sp³-hybridized carbons (Fsp3) is 0.500. The number of thiophene rings is 1. The van der Waals surface area contributed by atoms with Crippen LogP contribution < -0.4 is 5.32 Å². The van der Waals surface area contributed by atoms with Crippen LogP contribution in [0.4, 0.5) is 9.39 Å². The minimum absolute atomic E-state index is 0.0314. The largest absolute Gasteiger partial charge is 0.318 e. The maximum atomic E-state index is 13.6. The molecule has 1 saturated heterocycles. The van der Waals surface area contributed by atoms with Crippen molar-refractivity contribution in [3.05, 3.63) is 51.7 Å². The van der Waals surface area contributed by atoms with Crippen LogP contribution in [-0.2, 0) is 17.6 Å². The molecule has 1 aromatic carbocycles. The normalized spacial score (nSPS) is 19.2. The van der Waals surface area contributed by atoms with Gasteiger partial charge in [0.15, 0.2) is 0 Å². The molecule has 1 unspecified atom stereocenters. The molecule has 1 aliphatic heterocycles. The van der Waals surface area contributed by atoms with E-state index in [9.17, 15) is 9.18 Å². The lowest BCUT2D eigenvalue weighted by Crippen LogP contribution is -2.46. The molecule has 1 N–H and O–H groups in total. The Morgan fingerprint density at radius 1 is 1.11 bits per heavy atom. The zero-order valence-corrected chi connectivity index (χ0v) is 17.4. The van der Waals surface area contributed by atoms with Crippen LogP contribution in [0.1, 0.15) is 47.4 Å².